The summed E-state index contributed by atoms with van der Waals surface area (Å²) in [6.07, 6.45) is -4.45. The highest BCUT2D eigenvalue weighted by Crippen LogP contribution is 2.30. The Labute approximate surface area is 156 Å². The molecule has 5 nitrogen and oxygen atoms in total. The summed E-state index contributed by atoms with van der Waals surface area (Å²) in [5, 5.41) is 0. The van der Waals surface area contributed by atoms with Crippen molar-refractivity contribution in [2.75, 3.05) is 19.6 Å². The van der Waals surface area contributed by atoms with Crippen LogP contribution in [0.1, 0.15) is 31.4 Å². The highest BCUT2D eigenvalue weighted by atomic mass is 19.4. The molecule has 3 rings (SSSR count). The number of ether oxygens (including phenoxy) is 1. The standard InChI is InChI=1S/C19H23F3N2O3/c1-12-8-24(9-13(2)27-12)18(26)15-7-17(25)23(11-15)10-14-4-3-5-16(6-14)19(20,21)22/h3-6,12-13,15H,7-11H2,1-2H3. The van der Waals surface area contributed by atoms with Gasteiger partial charge in [-0.15, -0.1) is 0 Å². The number of morpholine rings is 1. The highest BCUT2D eigenvalue weighted by Gasteiger charge is 2.38. The van der Waals surface area contributed by atoms with E-state index in [0.717, 1.165) is 12.1 Å². The molecule has 0 spiro atoms. The van der Waals surface area contributed by atoms with Crippen molar-refractivity contribution in [3.05, 3.63) is 35.4 Å². The molecule has 2 amide bonds. The van der Waals surface area contributed by atoms with Gasteiger partial charge in [0.15, 0.2) is 0 Å². The fourth-order valence-corrected chi connectivity index (χ4v) is 3.77. The summed E-state index contributed by atoms with van der Waals surface area (Å²) in [5.74, 6) is -0.752. The van der Waals surface area contributed by atoms with Crippen molar-refractivity contribution in [2.45, 2.75) is 45.2 Å². The maximum atomic E-state index is 12.9. The van der Waals surface area contributed by atoms with Gasteiger partial charge in [0.05, 0.1) is 23.7 Å². The van der Waals surface area contributed by atoms with Gasteiger partial charge in [-0.25, -0.2) is 0 Å². The summed E-state index contributed by atoms with van der Waals surface area (Å²) in [6.45, 7) is 5.07. The van der Waals surface area contributed by atoms with E-state index >= 15 is 0 Å². The summed E-state index contributed by atoms with van der Waals surface area (Å²) < 4.78 is 44.2. The van der Waals surface area contributed by atoms with Crippen molar-refractivity contribution in [2.24, 2.45) is 5.92 Å². The SMILES string of the molecule is CC1CN(C(=O)C2CC(=O)N(Cc3cccc(C(F)(F)F)c3)C2)CC(C)O1. The molecule has 2 heterocycles. The fourth-order valence-electron chi connectivity index (χ4n) is 3.77. The van der Waals surface area contributed by atoms with Gasteiger partial charge in [0.25, 0.3) is 0 Å². The molecule has 0 radical (unpaired) electrons. The predicted octanol–water partition coefficient (Wildman–Crippen LogP) is 2.69. The quantitative estimate of drug-likeness (QED) is 0.805. The van der Waals surface area contributed by atoms with E-state index in [0.29, 0.717) is 18.7 Å². The minimum absolute atomic E-state index is 0.0592. The number of benzene rings is 1. The molecular weight excluding hydrogens is 361 g/mol. The Bertz CT molecular complexity index is 712. The zero-order chi connectivity index (χ0) is 19.8. The van der Waals surface area contributed by atoms with Crippen LogP contribution < -0.4 is 0 Å². The van der Waals surface area contributed by atoms with Gasteiger partial charge in [-0.3, -0.25) is 9.59 Å². The Balaban J connectivity index is 1.65. The molecule has 0 N–H and O–H groups in total. The van der Waals surface area contributed by atoms with Gasteiger partial charge >= 0.3 is 6.18 Å². The van der Waals surface area contributed by atoms with Crippen molar-refractivity contribution in [1.82, 2.24) is 9.80 Å². The lowest BCUT2D eigenvalue weighted by atomic mass is 10.1. The highest BCUT2D eigenvalue weighted by molar-refractivity contribution is 5.89. The normalized spacial score (nSPS) is 26.6. The molecule has 1 aromatic rings. The number of carbonyl (C=O) groups is 2. The van der Waals surface area contributed by atoms with E-state index in [9.17, 15) is 22.8 Å². The van der Waals surface area contributed by atoms with E-state index in [-0.39, 0.29) is 43.5 Å². The van der Waals surface area contributed by atoms with Crippen LogP contribution in [0.3, 0.4) is 0 Å². The topological polar surface area (TPSA) is 49.9 Å². The van der Waals surface area contributed by atoms with E-state index in [1.165, 1.54) is 11.0 Å². The van der Waals surface area contributed by atoms with Crippen LogP contribution in [0.5, 0.6) is 0 Å². The van der Waals surface area contributed by atoms with Crippen LogP contribution >= 0.6 is 0 Å². The van der Waals surface area contributed by atoms with E-state index in [1.807, 2.05) is 13.8 Å². The zero-order valence-corrected chi connectivity index (χ0v) is 15.3. The Morgan fingerprint density at radius 3 is 2.48 bits per heavy atom. The number of hydrogen-bond acceptors (Lipinski definition) is 3. The van der Waals surface area contributed by atoms with Crippen molar-refractivity contribution < 1.29 is 27.5 Å². The van der Waals surface area contributed by atoms with Crippen molar-refractivity contribution in [1.29, 1.82) is 0 Å². The maximum absolute atomic E-state index is 12.9. The van der Waals surface area contributed by atoms with Gasteiger partial charge in [-0.1, -0.05) is 12.1 Å². The number of amides is 2. The van der Waals surface area contributed by atoms with E-state index in [2.05, 4.69) is 0 Å². The minimum atomic E-state index is -4.42. The minimum Gasteiger partial charge on any atom is -0.372 e. The lowest BCUT2D eigenvalue weighted by molar-refractivity contribution is -0.147. The molecule has 27 heavy (non-hydrogen) atoms. The second-order valence-corrected chi connectivity index (χ2v) is 7.37. The molecule has 148 valence electrons. The first-order valence-electron chi connectivity index (χ1n) is 9.01. The largest absolute Gasteiger partial charge is 0.416 e. The van der Waals surface area contributed by atoms with E-state index in [1.54, 1.807) is 11.0 Å². The lowest BCUT2D eigenvalue weighted by Crippen LogP contribution is -2.50. The molecule has 2 fully saturated rings. The second-order valence-electron chi connectivity index (χ2n) is 7.37. The number of hydrogen-bond donors (Lipinski definition) is 0. The zero-order valence-electron chi connectivity index (χ0n) is 15.3. The number of alkyl halides is 3. The molecule has 0 bridgehead atoms. The average molecular weight is 384 g/mol. The van der Waals surface area contributed by atoms with Gasteiger partial charge in [0, 0.05) is 32.6 Å². The predicted molar refractivity (Wildman–Crippen MR) is 91.6 cm³/mol. The summed E-state index contributed by atoms with van der Waals surface area (Å²) in [4.78, 5) is 28.2. The van der Waals surface area contributed by atoms with Gasteiger partial charge in [0.2, 0.25) is 11.8 Å². The van der Waals surface area contributed by atoms with Gasteiger partial charge in [-0.2, -0.15) is 13.2 Å². The Hall–Kier alpha value is -2.09. The third-order valence-corrected chi connectivity index (χ3v) is 4.92. The number of halogens is 3. The van der Waals surface area contributed by atoms with Crippen LogP contribution in [0.25, 0.3) is 0 Å². The molecule has 0 saturated carbocycles. The average Bonchev–Trinajstić information content (AvgIpc) is 2.93. The third-order valence-electron chi connectivity index (χ3n) is 4.92. The van der Waals surface area contributed by atoms with Crippen LogP contribution in [-0.4, -0.2) is 53.5 Å². The first-order valence-corrected chi connectivity index (χ1v) is 9.01. The van der Waals surface area contributed by atoms with Crippen LogP contribution in [0.4, 0.5) is 13.2 Å². The van der Waals surface area contributed by atoms with Gasteiger partial charge < -0.3 is 14.5 Å². The molecule has 2 aliphatic heterocycles. The Morgan fingerprint density at radius 2 is 1.85 bits per heavy atom. The number of likely N-dealkylation sites (tertiary alicyclic amines) is 1. The fraction of sp³-hybridized carbons (Fsp3) is 0.579. The van der Waals surface area contributed by atoms with Gasteiger partial charge in [0.1, 0.15) is 0 Å². The Kier molecular flexibility index (Phi) is 5.46. The van der Waals surface area contributed by atoms with E-state index in [4.69, 9.17) is 4.74 Å². The van der Waals surface area contributed by atoms with Crippen LogP contribution in [0.15, 0.2) is 24.3 Å². The smallest absolute Gasteiger partial charge is 0.372 e. The van der Waals surface area contributed by atoms with Crippen molar-refractivity contribution in [3.63, 3.8) is 0 Å². The number of carbonyl (C=O) groups excluding carboxylic acids is 2. The molecule has 1 aromatic carbocycles. The summed E-state index contributed by atoms with van der Waals surface area (Å²) in [7, 11) is 0. The molecule has 0 aliphatic carbocycles. The summed E-state index contributed by atoms with van der Waals surface area (Å²) >= 11 is 0. The van der Waals surface area contributed by atoms with Crippen LogP contribution in [0.2, 0.25) is 0 Å². The summed E-state index contributed by atoms with van der Waals surface area (Å²) in [6, 6.07) is 4.94. The molecule has 2 aliphatic rings. The first-order chi connectivity index (χ1) is 12.6. The third kappa shape index (κ3) is 4.61. The number of nitrogens with zero attached hydrogens (tertiary/aromatic N) is 2. The monoisotopic (exact) mass is 384 g/mol. The van der Waals surface area contributed by atoms with Crippen LogP contribution in [0, 0.1) is 5.92 Å². The second kappa shape index (κ2) is 7.50. The number of rotatable bonds is 3. The maximum Gasteiger partial charge on any atom is 0.416 e. The Morgan fingerprint density at radius 1 is 1.19 bits per heavy atom. The van der Waals surface area contributed by atoms with Crippen molar-refractivity contribution >= 4 is 11.8 Å². The van der Waals surface area contributed by atoms with Gasteiger partial charge in [-0.05, 0) is 31.5 Å². The molecule has 8 heteroatoms. The van der Waals surface area contributed by atoms with E-state index < -0.39 is 17.7 Å². The molecule has 2 saturated heterocycles. The molecule has 3 atom stereocenters. The first kappa shape index (κ1) is 19.7. The molecular formula is C19H23F3N2O3. The summed E-state index contributed by atoms with van der Waals surface area (Å²) in [5.41, 5.74) is -0.338. The lowest BCUT2D eigenvalue weighted by Gasteiger charge is -2.36. The van der Waals surface area contributed by atoms with Crippen molar-refractivity contribution in [3.8, 4) is 0 Å². The molecule has 0 aromatic heterocycles. The molecule has 3 unspecified atom stereocenters. The van der Waals surface area contributed by atoms with Crippen LogP contribution in [-0.2, 0) is 27.0 Å².